The summed E-state index contributed by atoms with van der Waals surface area (Å²) in [5, 5.41) is 11.3. The van der Waals surface area contributed by atoms with Crippen molar-refractivity contribution in [3.8, 4) is 11.5 Å². The van der Waals surface area contributed by atoms with Gasteiger partial charge in [0.1, 0.15) is 0 Å². The van der Waals surface area contributed by atoms with E-state index in [0.29, 0.717) is 12.3 Å². The van der Waals surface area contributed by atoms with Crippen molar-refractivity contribution in [2.75, 3.05) is 44.4 Å². The number of piperazine rings is 1. The lowest BCUT2D eigenvalue weighted by Gasteiger charge is -2.37. The highest BCUT2D eigenvalue weighted by Crippen LogP contribution is 2.34. The Morgan fingerprint density at radius 1 is 0.960 bits per heavy atom. The number of β-amino-alcohol motifs (C(OH)–C–C–N with tert-alkyl or cyclic N) is 1. The molecule has 2 heterocycles. The Hall–Kier alpha value is -1.95. The summed E-state index contributed by atoms with van der Waals surface area (Å²) in [5.74, 6) is 1.46. The molecule has 2 aromatic rings. The van der Waals surface area contributed by atoms with E-state index >= 15 is 0 Å². The molecule has 0 amide bonds. The third kappa shape index (κ3) is 3.68. The average molecular weight is 361 g/mol. The first-order chi connectivity index (χ1) is 12.2. The largest absolute Gasteiger partial charge is 0.454 e. The minimum Gasteiger partial charge on any atom is -0.454 e. The summed E-state index contributed by atoms with van der Waals surface area (Å²) in [5.41, 5.74) is 2.06. The van der Waals surface area contributed by atoms with E-state index in [-0.39, 0.29) is 6.79 Å². The normalized spacial score (nSPS) is 18.4. The highest BCUT2D eigenvalue weighted by molar-refractivity contribution is 6.30. The predicted octanol–water partition coefficient (Wildman–Crippen LogP) is 2.92. The second kappa shape index (κ2) is 7.12. The van der Waals surface area contributed by atoms with E-state index in [4.69, 9.17) is 21.1 Å². The molecule has 5 nitrogen and oxygen atoms in total. The van der Waals surface area contributed by atoms with Crippen LogP contribution in [0.15, 0.2) is 42.5 Å². The number of nitrogens with zero attached hydrogens (tertiary/aromatic N) is 2. The van der Waals surface area contributed by atoms with Crippen LogP contribution in [0.2, 0.25) is 5.02 Å². The van der Waals surface area contributed by atoms with Crippen molar-refractivity contribution >= 4 is 17.3 Å². The number of hydrogen-bond acceptors (Lipinski definition) is 5. The van der Waals surface area contributed by atoms with Crippen molar-refractivity contribution in [3.05, 3.63) is 53.1 Å². The van der Waals surface area contributed by atoms with Gasteiger partial charge < -0.3 is 19.5 Å². The topological polar surface area (TPSA) is 45.2 Å². The monoisotopic (exact) mass is 360 g/mol. The standard InChI is InChI=1S/C19H21ClN2O3/c20-15-2-4-16(5-3-15)22-9-7-21(8-10-22)12-17(23)14-1-6-18-19(11-14)25-13-24-18/h1-6,11,17,23H,7-10,12-13H2. The van der Waals surface area contributed by atoms with Crippen molar-refractivity contribution in [3.63, 3.8) is 0 Å². The van der Waals surface area contributed by atoms with E-state index < -0.39 is 6.10 Å². The number of halogens is 1. The lowest BCUT2D eigenvalue weighted by molar-refractivity contribution is 0.109. The maximum Gasteiger partial charge on any atom is 0.231 e. The highest BCUT2D eigenvalue weighted by atomic mass is 35.5. The zero-order chi connectivity index (χ0) is 17.2. The number of ether oxygens (including phenoxy) is 2. The molecule has 0 spiro atoms. The van der Waals surface area contributed by atoms with Gasteiger partial charge in [-0.15, -0.1) is 0 Å². The van der Waals surface area contributed by atoms with Gasteiger partial charge in [-0.3, -0.25) is 4.90 Å². The Morgan fingerprint density at radius 2 is 1.68 bits per heavy atom. The summed E-state index contributed by atoms with van der Waals surface area (Å²) >= 11 is 5.95. The lowest BCUT2D eigenvalue weighted by atomic mass is 10.1. The Kier molecular flexibility index (Phi) is 4.70. The first kappa shape index (κ1) is 16.5. The minimum absolute atomic E-state index is 0.252. The van der Waals surface area contributed by atoms with Crippen LogP contribution in [0, 0.1) is 0 Å². The molecule has 25 heavy (non-hydrogen) atoms. The zero-order valence-corrected chi connectivity index (χ0v) is 14.7. The molecule has 132 valence electrons. The van der Waals surface area contributed by atoms with Crippen molar-refractivity contribution in [1.82, 2.24) is 4.90 Å². The Morgan fingerprint density at radius 3 is 2.44 bits per heavy atom. The van der Waals surface area contributed by atoms with Crippen LogP contribution in [0.3, 0.4) is 0 Å². The molecule has 0 radical (unpaired) electrons. The minimum atomic E-state index is -0.531. The summed E-state index contributed by atoms with van der Waals surface area (Å²) in [6.07, 6.45) is -0.531. The van der Waals surface area contributed by atoms with Crippen LogP contribution in [0.25, 0.3) is 0 Å². The van der Waals surface area contributed by atoms with Gasteiger partial charge in [0.2, 0.25) is 6.79 Å². The van der Waals surface area contributed by atoms with Crippen molar-refractivity contribution < 1.29 is 14.6 Å². The summed E-state index contributed by atoms with van der Waals surface area (Å²) < 4.78 is 10.7. The first-order valence-corrected chi connectivity index (χ1v) is 8.87. The average Bonchev–Trinajstić information content (AvgIpc) is 3.11. The Balaban J connectivity index is 1.33. The predicted molar refractivity (Wildman–Crippen MR) is 97.6 cm³/mol. The number of anilines is 1. The molecule has 2 aliphatic rings. The summed E-state index contributed by atoms with van der Waals surface area (Å²) in [6.45, 7) is 4.59. The molecule has 0 bridgehead atoms. The van der Waals surface area contributed by atoms with E-state index in [2.05, 4.69) is 21.9 Å². The van der Waals surface area contributed by atoms with Crippen LogP contribution >= 0.6 is 11.6 Å². The van der Waals surface area contributed by atoms with Crippen LogP contribution in [0.1, 0.15) is 11.7 Å². The van der Waals surface area contributed by atoms with Crippen molar-refractivity contribution in [1.29, 1.82) is 0 Å². The molecule has 0 aliphatic carbocycles. The third-order valence-electron chi connectivity index (χ3n) is 4.78. The molecule has 1 saturated heterocycles. The lowest BCUT2D eigenvalue weighted by Crippen LogP contribution is -2.47. The van der Waals surface area contributed by atoms with Crippen molar-refractivity contribution in [2.45, 2.75) is 6.10 Å². The van der Waals surface area contributed by atoms with E-state index in [1.54, 1.807) is 0 Å². The zero-order valence-electron chi connectivity index (χ0n) is 13.9. The molecule has 1 atom stereocenters. The fraction of sp³-hybridized carbons (Fsp3) is 0.368. The Bertz CT molecular complexity index is 730. The molecule has 0 saturated carbocycles. The molecule has 2 aliphatic heterocycles. The molecule has 0 aromatic heterocycles. The second-order valence-electron chi connectivity index (χ2n) is 6.39. The molecular formula is C19H21ClN2O3. The molecule has 1 fully saturated rings. The number of hydrogen-bond donors (Lipinski definition) is 1. The van der Waals surface area contributed by atoms with Crippen LogP contribution in [0.4, 0.5) is 5.69 Å². The summed E-state index contributed by atoms with van der Waals surface area (Å²) in [7, 11) is 0. The molecular weight excluding hydrogens is 340 g/mol. The summed E-state index contributed by atoms with van der Waals surface area (Å²) in [6, 6.07) is 13.6. The van der Waals surface area contributed by atoms with Crippen LogP contribution in [-0.2, 0) is 0 Å². The Labute approximate surface area is 152 Å². The van der Waals surface area contributed by atoms with Crippen LogP contribution < -0.4 is 14.4 Å². The van der Waals surface area contributed by atoms with Gasteiger partial charge in [-0.2, -0.15) is 0 Å². The first-order valence-electron chi connectivity index (χ1n) is 8.49. The highest BCUT2D eigenvalue weighted by Gasteiger charge is 2.22. The maximum atomic E-state index is 10.6. The SMILES string of the molecule is OC(CN1CCN(c2ccc(Cl)cc2)CC1)c1ccc2c(c1)OCO2. The molecule has 1 unspecified atom stereocenters. The third-order valence-corrected chi connectivity index (χ3v) is 5.03. The second-order valence-corrected chi connectivity index (χ2v) is 6.83. The number of aliphatic hydroxyl groups excluding tert-OH is 1. The van der Waals surface area contributed by atoms with E-state index in [0.717, 1.165) is 42.5 Å². The maximum absolute atomic E-state index is 10.6. The van der Waals surface area contributed by atoms with Crippen LogP contribution in [-0.4, -0.2) is 49.5 Å². The van der Waals surface area contributed by atoms with Crippen LogP contribution in [0.5, 0.6) is 11.5 Å². The van der Waals surface area contributed by atoms with Gasteiger partial charge in [0.05, 0.1) is 6.10 Å². The van der Waals surface area contributed by atoms with Gasteiger partial charge in [-0.05, 0) is 42.0 Å². The van der Waals surface area contributed by atoms with Gasteiger partial charge in [0.25, 0.3) is 0 Å². The number of fused-ring (bicyclic) bond motifs is 1. The van der Waals surface area contributed by atoms with E-state index in [1.807, 2.05) is 30.3 Å². The number of benzene rings is 2. The van der Waals surface area contributed by atoms with Crippen molar-refractivity contribution in [2.24, 2.45) is 0 Å². The van der Waals surface area contributed by atoms with E-state index in [1.165, 1.54) is 5.69 Å². The quantitative estimate of drug-likeness (QED) is 0.908. The van der Waals surface area contributed by atoms with Gasteiger partial charge in [0, 0.05) is 43.4 Å². The van der Waals surface area contributed by atoms with Gasteiger partial charge in [-0.25, -0.2) is 0 Å². The molecule has 1 N–H and O–H groups in total. The number of aliphatic hydroxyl groups is 1. The van der Waals surface area contributed by atoms with E-state index in [9.17, 15) is 5.11 Å². The van der Waals surface area contributed by atoms with Gasteiger partial charge in [0.15, 0.2) is 11.5 Å². The molecule has 6 heteroatoms. The van der Waals surface area contributed by atoms with Gasteiger partial charge >= 0.3 is 0 Å². The fourth-order valence-corrected chi connectivity index (χ4v) is 3.44. The smallest absolute Gasteiger partial charge is 0.231 e. The molecule has 2 aromatic carbocycles. The fourth-order valence-electron chi connectivity index (χ4n) is 3.31. The van der Waals surface area contributed by atoms with Gasteiger partial charge in [-0.1, -0.05) is 17.7 Å². The summed E-state index contributed by atoms with van der Waals surface area (Å²) in [4.78, 5) is 4.64. The molecule has 4 rings (SSSR count). The number of rotatable bonds is 4.